The standard InChI is InChI=1S/C13H19N3O2/c1-10-14-12(11-2-5-18-9-11)8-13(15-10)16-3-6-17-7-4-16/h8,11H,2-7,9H2,1H3/t11-/m0/s1. The Morgan fingerprint density at radius 1 is 1.17 bits per heavy atom. The van der Waals surface area contributed by atoms with Crippen LogP contribution in [0.25, 0.3) is 0 Å². The highest BCUT2D eigenvalue weighted by Crippen LogP contribution is 2.26. The Bertz CT molecular complexity index is 413. The maximum absolute atomic E-state index is 5.44. The first-order chi connectivity index (χ1) is 8.83. The molecule has 0 saturated carbocycles. The van der Waals surface area contributed by atoms with Crippen LogP contribution in [0, 0.1) is 6.92 Å². The van der Waals surface area contributed by atoms with Gasteiger partial charge in [0.25, 0.3) is 0 Å². The van der Waals surface area contributed by atoms with Crippen LogP contribution in [0.15, 0.2) is 6.07 Å². The van der Waals surface area contributed by atoms with Crippen molar-refractivity contribution in [2.45, 2.75) is 19.3 Å². The van der Waals surface area contributed by atoms with Crippen LogP contribution in [0.1, 0.15) is 23.9 Å². The van der Waals surface area contributed by atoms with Gasteiger partial charge >= 0.3 is 0 Å². The Morgan fingerprint density at radius 3 is 2.72 bits per heavy atom. The molecule has 1 atom stereocenters. The van der Waals surface area contributed by atoms with Gasteiger partial charge in [-0.3, -0.25) is 0 Å². The van der Waals surface area contributed by atoms with Crippen LogP contribution in [0.3, 0.4) is 0 Å². The summed E-state index contributed by atoms with van der Waals surface area (Å²) in [6, 6.07) is 2.12. The summed E-state index contributed by atoms with van der Waals surface area (Å²) in [7, 11) is 0. The molecule has 0 radical (unpaired) electrons. The number of nitrogens with zero attached hydrogens (tertiary/aromatic N) is 3. The predicted molar refractivity (Wildman–Crippen MR) is 68.0 cm³/mol. The van der Waals surface area contributed by atoms with E-state index in [2.05, 4.69) is 20.9 Å². The van der Waals surface area contributed by atoms with E-state index < -0.39 is 0 Å². The zero-order valence-electron chi connectivity index (χ0n) is 10.8. The van der Waals surface area contributed by atoms with Gasteiger partial charge in [-0.25, -0.2) is 9.97 Å². The summed E-state index contributed by atoms with van der Waals surface area (Å²) in [4.78, 5) is 11.4. The number of aromatic nitrogens is 2. The number of ether oxygens (including phenoxy) is 2. The van der Waals surface area contributed by atoms with Crippen LogP contribution in [-0.2, 0) is 9.47 Å². The Labute approximate surface area is 107 Å². The van der Waals surface area contributed by atoms with Gasteiger partial charge in [0.15, 0.2) is 0 Å². The average molecular weight is 249 g/mol. The number of morpholine rings is 1. The van der Waals surface area contributed by atoms with Crippen molar-refractivity contribution in [1.29, 1.82) is 0 Å². The number of aryl methyl sites for hydroxylation is 1. The van der Waals surface area contributed by atoms with Gasteiger partial charge in [0.1, 0.15) is 11.6 Å². The van der Waals surface area contributed by atoms with Crippen molar-refractivity contribution in [2.75, 3.05) is 44.4 Å². The van der Waals surface area contributed by atoms with Crippen LogP contribution in [-0.4, -0.2) is 49.5 Å². The van der Waals surface area contributed by atoms with Crippen molar-refractivity contribution in [1.82, 2.24) is 9.97 Å². The molecule has 3 rings (SSSR count). The maximum atomic E-state index is 5.44. The van der Waals surface area contributed by atoms with Crippen molar-refractivity contribution < 1.29 is 9.47 Å². The maximum Gasteiger partial charge on any atom is 0.132 e. The molecule has 0 bridgehead atoms. The minimum atomic E-state index is 0.437. The van der Waals surface area contributed by atoms with Crippen molar-refractivity contribution in [2.24, 2.45) is 0 Å². The van der Waals surface area contributed by atoms with Crippen LogP contribution < -0.4 is 4.90 Å². The second kappa shape index (κ2) is 5.20. The summed E-state index contributed by atoms with van der Waals surface area (Å²) >= 11 is 0. The lowest BCUT2D eigenvalue weighted by atomic mass is 10.0. The average Bonchev–Trinajstić information content (AvgIpc) is 2.93. The molecule has 1 aromatic heterocycles. The van der Waals surface area contributed by atoms with Gasteiger partial charge in [0.05, 0.1) is 25.5 Å². The van der Waals surface area contributed by atoms with Crippen molar-refractivity contribution in [3.8, 4) is 0 Å². The normalized spacial score (nSPS) is 24.5. The number of hydrogen-bond acceptors (Lipinski definition) is 5. The van der Waals surface area contributed by atoms with E-state index in [1.54, 1.807) is 0 Å². The molecule has 98 valence electrons. The van der Waals surface area contributed by atoms with Gasteiger partial charge in [0, 0.05) is 31.7 Å². The van der Waals surface area contributed by atoms with E-state index in [1.165, 1.54) is 0 Å². The van der Waals surface area contributed by atoms with Gasteiger partial charge in [-0.1, -0.05) is 0 Å². The fraction of sp³-hybridized carbons (Fsp3) is 0.692. The van der Waals surface area contributed by atoms with E-state index in [0.717, 1.165) is 63.3 Å². The summed E-state index contributed by atoms with van der Waals surface area (Å²) in [6.45, 7) is 6.99. The molecule has 0 N–H and O–H groups in total. The van der Waals surface area contributed by atoms with Crippen molar-refractivity contribution in [3.63, 3.8) is 0 Å². The molecule has 0 aromatic carbocycles. The fourth-order valence-corrected chi connectivity index (χ4v) is 2.51. The third-order valence-corrected chi connectivity index (χ3v) is 3.53. The van der Waals surface area contributed by atoms with Crippen molar-refractivity contribution in [3.05, 3.63) is 17.6 Å². The molecular formula is C13H19N3O2. The lowest BCUT2D eigenvalue weighted by Crippen LogP contribution is -2.37. The third kappa shape index (κ3) is 2.47. The summed E-state index contributed by atoms with van der Waals surface area (Å²) in [5.41, 5.74) is 1.13. The molecule has 5 heteroatoms. The largest absolute Gasteiger partial charge is 0.381 e. The SMILES string of the molecule is Cc1nc([C@H]2CCOC2)cc(N2CCOCC2)n1. The predicted octanol–water partition coefficient (Wildman–Crippen LogP) is 1.13. The van der Waals surface area contributed by atoms with E-state index in [0.29, 0.717) is 5.92 Å². The molecule has 5 nitrogen and oxygen atoms in total. The second-order valence-corrected chi connectivity index (χ2v) is 4.86. The van der Waals surface area contributed by atoms with Crippen LogP contribution in [0.5, 0.6) is 0 Å². The first kappa shape index (κ1) is 11.9. The van der Waals surface area contributed by atoms with Crippen LogP contribution >= 0.6 is 0 Å². The lowest BCUT2D eigenvalue weighted by molar-refractivity contribution is 0.122. The molecule has 2 aliphatic rings. The monoisotopic (exact) mass is 249 g/mol. The molecule has 0 unspecified atom stereocenters. The summed E-state index contributed by atoms with van der Waals surface area (Å²) in [5, 5.41) is 0. The van der Waals surface area contributed by atoms with Gasteiger partial charge in [-0.2, -0.15) is 0 Å². The molecular weight excluding hydrogens is 230 g/mol. The summed E-state index contributed by atoms with van der Waals surface area (Å²) < 4.78 is 10.8. The Hall–Kier alpha value is -1.20. The second-order valence-electron chi connectivity index (χ2n) is 4.86. The Morgan fingerprint density at radius 2 is 2.00 bits per heavy atom. The number of rotatable bonds is 2. The molecule has 2 aliphatic heterocycles. The minimum absolute atomic E-state index is 0.437. The van der Waals surface area contributed by atoms with Gasteiger partial charge in [-0.05, 0) is 13.3 Å². The van der Waals surface area contributed by atoms with Gasteiger partial charge in [-0.15, -0.1) is 0 Å². The topological polar surface area (TPSA) is 47.5 Å². The highest BCUT2D eigenvalue weighted by molar-refractivity contribution is 5.41. The summed E-state index contributed by atoms with van der Waals surface area (Å²) in [5.74, 6) is 2.32. The van der Waals surface area contributed by atoms with E-state index >= 15 is 0 Å². The lowest BCUT2D eigenvalue weighted by Gasteiger charge is -2.28. The highest BCUT2D eigenvalue weighted by atomic mass is 16.5. The highest BCUT2D eigenvalue weighted by Gasteiger charge is 2.22. The zero-order valence-corrected chi connectivity index (χ0v) is 10.8. The first-order valence-corrected chi connectivity index (χ1v) is 6.59. The van der Waals surface area contributed by atoms with E-state index in [9.17, 15) is 0 Å². The molecule has 0 amide bonds. The van der Waals surface area contributed by atoms with Gasteiger partial charge < -0.3 is 14.4 Å². The molecule has 2 fully saturated rings. The quantitative estimate of drug-likeness (QED) is 0.786. The molecule has 18 heavy (non-hydrogen) atoms. The zero-order chi connectivity index (χ0) is 12.4. The summed E-state index contributed by atoms with van der Waals surface area (Å²) in [6.07, 6.45) is 1.07. The number of anilines is 1. The molecule has 0 aliphatic carbocycles. The molecule has 0 spiro atoms. The smallest absolute Gasteiger partial charge is 0.132 e. The van der Waals surface area contributed by atoms with Gasteiger partial charge in [0.2, 0.25) is 0 Å². The molecule has 2 saturated heterocycles. The van der Waals surface area contributed by atoms with E-state index in [1.807, 2.05) is 6.92 Å². The van der Waals surface area contributed by atoms with E-state index in [-0.39, 0.29) is 0 Å². The molecule has 3 heterocycles. The number of hydrogen-bond donors (Lipinski definition) is 0. The molecule has 1 aromatic rings. The van der Waals surface area contributed by atoms with Crippen molar-refractivity contribution >= 4 is 5.82 Å². The van der Waals surface area contributed by atoms with Crippen LogP contribution in [0.4, 0.5) is 5.82 Å². The van der Waals surface area contributed by atoms with E-state index in [4.69, 9.17) is 9.47 Å². The third-order valence-electron chi connectivity index (χ3n) is 3.53. The Kier molecular flexibility index (Phi) is 3.43. The fourth-order valence-electron chi connectivity index (χ4n) is 2.51. The van der Waals surface area contributed by atoms with Crippen LogP contribution in [0.2, 0.25) is 0 Å². The first-order valence-electron chi connectivity index (χ1n) is 6.59. The minimum Gasteiger partial charge on any atom is -0.381 e. The Balaban J connectivity index is 1.84.